The fraction of sp³-hybridized carbons (Fsp3) is 0.571. The fourth-order valence-electron chi connectivity index (χ4n) is 6.28. The maximum absolute atomic E-state index is 14.1. The highest BCUT2D eigenvalue weighted by atomic mass is 28.3. The molecule has 1 aliphatic carbocycles. The third-order valence-corrected chi connectivity index (χ3v) is 11.6. The molecule has 2 aromatic carbocycles. The first-order valence-corrected chi connectivity index (χ1v) is 15.0. The number of hydrogen-bond donors (Lipinski definition) is 0. The summed E-state index contributed by atoms with van der Waals surface area (Å²) in [6.07, 6.45) is 12.5. The molecule has 4 rings (SSSR count). The van der Waals surface area contributed by atoms with Crippen molar-refractivity contribution in [3.05, 3.63) is 59.9 Å². The predicted molar refractivity (Wildman–Crippen MR) is 130 cm³/mol. The van der Waals surface area contributed by atoms with Crippen LogP contribution in [0.15, 0.2) is 48.5 Å². The molecule has 0 atom stereocenters. The van der Waals surface area contributed by atoms with E-state index in [-0.39, 0.29) is 5.82 Å². The molecule has 0 aromatic heterocycles. The third kappa shape index (κ3) is 5.44. The van der Waals surface area contributed by atoms with E-state index in [0.29, 0.717) is 5.92 Å². The van der Waals surface area contributed by atoms with Crippen molar-refractivity contribution in [2.24, 2.45) is 11.8 Å². The molecule has 0 spiro atoms. The normalized spacial score (nSPS) is 27.1. The van der Waals surface area contributed by atoms with Crippen LogP contribution in [-0.4, -0.2) is 8.80 Å². The van der Waals surface area contributed by atoms with Gasteiger partial charge in [0.1, 0.15) is 5.82 Å². The molecule has 0 bridgehead atoms. The summed E-state index contributed by atoms with van der Waals surface area (Å²) in [7, 11) is -0.401. The molecule has 2 aliphatic rings. The van der Waals surface area contributed by atoms with Gasteiger partial charge in [-0.3, -0.25) is 0 Å². The Labute approximate surface area is 184 Å². The molecular formula is C28H39FSi. The Morgan fingerprint density at radius 1 is 0.833 bits per heavy atom. The van der Waals surface area contributed by atoms with Crippen molar-refractivity contribution >= 4 is 8.80 Å². The van der Waals surface area contributed by atoms with E-state index in [9.17, 15) is 4.39 Å². The van der Waals surface area contributed by atoms with Crippen molar-refractivity contribution < 1.29 is 4.39 Å². The van der Waals surface area contributed by atoms with Crippen molar-refractivity contribution in [3.8, 4) is 11.1 Å². The van der Waals surface area contributed by atoms with Gasteiger partial charge in [-0.2, -0.15) is 0 Å². The molecule has 0 amide bonds. The maximum Gasteiger partial charge on any atom is 0.123 e. The summed E-state index contributed by atoms with van der Waals surface area (Å²) < 4.78 is 14.1. The van der Waals surface area contributed by atoms with Crippen molar-refractivity contribution in [1.82, 2.24) is 0 Å². The standard InChI is InChI=1S/C28H39FSi/c1-2-3-7-18-30-19-16-23(17-20-30)22-10-12-25(13-11-22)28-21-26(29)14-15-27(28)24-8-5-4-6-9-24/h4-6,8-9,14-15,21-23,25,30H,2-3,7,10-13,16-20H2,1H3/t22-,23?,25-,30?. The lowest BCUT2D eigenvalue weighted by Gasteiger charge is -2.38. The second kappa shape index (κ2) is 10.8. The van der Waals surface area contributed by atoms with Crippen molar-refractivity contribution in [2.45, 2.75) is 88.8 Å². The van der Waals surface area contributed by atoms with E-state index in [1.807, 2.05) is 12.1 Å². The highest BCUT2D eigenvalue weighted by molar-refractivity contribution is 6.58. The van der Waals surface area contributed by atoms with Crippen molar-refractivity contribution in [3.63, 3.8) is 0 Å². The molecule has 162 valence electrons. The number of rotatable bonds is 7. The predicted octanol–water partition coefficient (Wildman–Crippen LogP) is 8.59. The van der Waals surface area contributed by atoms with E-state index in [2.05, 4.69) is 37.3 Å². The van der Waals surface area contributed by atoms with Gasteiger partial charge in [-0.25, -0.2) is 4.39 Å². The first-order chi connectivity index (χ1) is 14.7. The van der Waals surface area contributed by atoms with Crippen LogP contribution in [-0.2, 0) is 0 Å². The van der Waals surface area contributed by atoms with Crippen LogP contribution in [0.1, 0.15) is 76.2 Å². The summed E-state index contributed by atoms with van der Waals surface area (Å²) in [5.41, 5.74) is 3.70. The van der Waals surface area contributed by atoms with Crippen LogP contribution in [0, 0.1) is 17.7 Å². The van der Waals surface area contributed by atoms with Crippen LogP contribution in [0.4, 0.5) is 4.39 Å². The van der Waals surface area contributed by atoms with Crippen molar-refractivity contribution in [1.29, 1.82) is 0 Å². The largest absolute Gasteiger partial charge is 0.207 e. The third-order valence-electron chi connectivity index (χ3n) is 8.08. The van der Waals surface area contributed by atoms with Crippen LogP contribution in [0.5, 0.6) is 0 Å². The molecule has 2 heteroatoms. The van der Waals surface area contributed by atoms with Gasteiger partial charge >= 0.3 is 0 Å². The van der Waals surface area contributed by atoms with Crippen LogP contribution in [0.2, 0.25) is 18.1 Å². The zero-order valence-corrected chi connectivity index (χ0v) is 19.9. The van der Waals surface area contributed by atoms with Gasteiger partial charge in [0.05, 0.1) is 0 Å². The van der Waals surface area contributed by atoms with Gasteiger partial charge in [-0.1, -0.05) is 93.6 Å². The summed E-state index contributed by atoms with van der Waals surface area (Å²) in [4.78, 5) is 0. The molecule has 0 nitrogen and oxygen atoms in total. The number of benzene rings is 2. The van der Waals surface area contributed by atoms with Crippen LogP contribution < -0.4 is 0 Å². The van der Waals surface area contributed by atoms with E-state index in [0.717, 1.165) is 11.8 Å². The lowest BCUT2D eigenvalue weighted by Crippen LogP contribution is -2.28. The number of unbranched alkanes of at least 4 members (excludes halogenated alkanes) is 2. The molecule has 2 fully saturated rings. The van der Waals surface area contributed by atoms with E-state index >= 15 is 0 Å². The monoisotopic (exact) mass is 422 g/mol. The molecule has 1 aliphatic heterocycles. The summed E-state index contributed by atoms with van der Waals surface area (Å²) in [6.45, 7) is 2.32. The van der Waals surface area contributed by atoms with Crippen LogP contribution >= 0.6 is 0 Å². The van der Waals surface area contributed by atoms with Crippen LogP contribution in [0.25, 0.3) is 11.1 Å². The summed E-state index contributed by atoms with van der Waals surface area (Å²) in [6, 6.07) is 20.8. The Balaban J connectivity index is 1.34. The van der Waals surface area contributed by atoms with E-state index in [1.165, 1.54) is 74.5 Å². The molecule has 30 heavy (non-hydrogen) atoms. The molecule has 1 saturated heterocycles. The van der Waals surface area contributed by atoms with Gasteiger partial charge in [0.25, 0.3) is 0 Å². The maximum atomic E-state index is 14.1. The molecule has 0 N–H and O–H groups in total. The lowest BCUT2D eigenvalue weighted by molar-refractivity contribution is 0.216. The highest BCUT2D eigenvalue weighted by Gasteiger charge is 2.32. The van der Waals surface area contributed by atoms with Gasteiger partial charge < -0.3 is 0 Å². The first kappa shape index (κ1) is 21.8. The minimum absolute atomic E-state index is 0.0850. The highest BCUT2D eigenvalue weighted by Crippen LogP contribution is 2.45. The second-order valence-corrected chi connectivity index (χ2v) is 13.4. The van der Waals surface area contributed by atoms with Crippen LogP contribution in [0.3, 0.4) is 0 Å². The number of hydrogen-bond acceptors (Lipinski definition) is 0. The van der Waals surface area contributed by atoms with Gasteiger partial charge in [0, 0.05) is 8.80 Å². The second-order valence-electron chi connectivity index (χ2n) is 9.99. The quantitative estimate of drug-likeness (QED) is 0.309. The Hall–Kier alpha value is -1.41. The summed E-state index contributed by atoms with van der Waals surface area (Å²) in [5.74, 6) is 2.35. The Bertz CT molecular complexity index is 770. The Morgan fingerprint density at radius 2 is 1.53 bits per heavy atom. The zero-order valence-electron chi connectivity index (χ0n) is 18.8. The van der Waals surface area contributed by atoms with E-state index < -0.39 is 8.80 Å². The summed E-state index contributed by atoms with van der Waals surface area (Å²) in [5, 5.41) is 0. The van der Waals surface area contributed by atoms with Gasteiger partial charge in [0.15, 0.2) is 0 Å². The number of halogens is 1. The van der Waals surface area contributed by atoms with Crippen molar-refractivity contribution in [2.75, 3.05) is 0 Å². The van der Waals surface area contributed by atoms with E-state index in [4.69, 9.17) is 0 Å². The average Bonchev–Trinajstić information content (AvgIpc) is 2.80. The summed E-state index contributed by atoms with van der Waals surface area (Å²) >= 11 is 0. The molecule has 0 radical (unpaired) electrons. The van der Waals surface area contributed by atoms with E-state index in [1.54, 1.807) is 24.2 Å². The Kier molecular flexibility index (Phi) is 7.81. The molecule has 1 heterocycles. The zero-order chi connectivity index (χ0) is 20.8. The minimum Gasteiger partial charge on any atom is -0.207 e. The molecule has 0 unspecified atom stereocenters. The minimum atomic E-state index is -0.401. The fourth-order valence-corrected chi connectivity index (χ4v) is 9.82. The lowest BCUT2D eigenvalue weighted by atomic mass is 9.71. The Morgan fingerprint density at radius 3 is 2.23 bits per heavy atom. The molecule has 2 aromatic rings. The first-order valence-electron chi connectivity index (χ1n) is 12.6. The molecular weight excluding hydrogens is 383 g/mol. The van der Waals surface area contributed by atoms with Gasteiger partial charge in [0.2, 0.25) is 0 Å². The van der Waals surface area contributed by atoms with Gasteiger partial charge in [-0.05, 0) is 72.3 Å². The topological polar surface area (TPSA) is 0 Å². The molecule has 1 saturated carbocycles. The SMILES string of the molecule is CCCCC[SiH]1CCC([C@H]2CC[C@H](c3cc(F)ccc3-c3ccccc3)CC2)CC1. The smallest absolute Gasteiger partial charge is 0.123 e. The van der Waals surface area contributed by atoms with Gasteiger partial charge in [-0.15, -0.1) is 0 Å². The average molecular weight is 423 g/mol.